The summed E-state index contributed by atoms with van der Waals surface area (Å²) in [6.07, 6.45) is 0.560. The molecule has 0 bridgehead atoms. The van der Waals surface area contributed by atoms with E-state index in [1.807, 2.05) is 19.9 Å². The van der Waals surface area contributed by atoms with Crippen LogP contribution in [0.5, 0.6) is 5.75 Å². The molecule has 1 aliphatic heterocycles. The molecule has 0 aromatic heterocycles. The van der Waals surface area contributed by atoms with Gasteiger partial charge in [0.25, 0.3) is 0 Å². The Morgan fingerprint density at radius 3 is 2.81 bits per heavy atom. The predicted molar refractivity (Wildman–Crippen MR) is 78.5 cm³/mol. The number of carboxylic acid groups (broad SMARTS) is 1. The second-order valence-electron chi connectivity index (χ2n) is 5.39. The van der Waals surface area contributed by atoms with Gasteiger partial charge in [-0.05, 0) is 32.4 Å². The maximum absolute atomic E-state index is 12.1. The lowest BCUT2D eigenvalue weighted by Gasteiger charge is -2.17. The smallest absolute Gasteiger partial charge is 0.321 e. The summed E-state index contributed by atoms with van der Waals surface area (Å²) < 4.78 is 5.57. The number of carboxylic acids is 1. The Hall–Kier alpha value is -2.24. The second kappa shape index (κ2) is 6.47. The van der Waals surface area contributed by atoms with Crippen LogP contribution in [0.1, 0.15) is 20.3 Å². The third kappa shape index (κ3) is 4.11. The number of hydrogen-bond donors (Lipinski definition) is 2. The zero-order chi connectivity index (χ0) is 15.4. The number of nitrogens with zero attached hydrogens (tertiary/aromatic N) is 1. The van der Waals surface area contributed by atoms with E-state index < -0.39 is 11.9 Å². The second-order valence-corrected chi connectivity index (χ2v) is 5.39. The number of aliphatic carboxylic acids is 1. The predicted octanol–water partition coefficient (Wildman–Crippen LogP) is 2.41. The summed E-state index contributed by atoms with van der Waals surface area (Å²) in [7, 11) is 0. The van der Waals surface area contributed by atoms with E-state index in [1.54, 1.807) is 18.2 Å². The van der Waals surface area contributed by atoms with Crippen LogP contribution < -0.4 is 10.1 Å². The van der Waals surface area contributed by atoms with Gasteiger partial charge in [0.2, 0.25) is 0 Å². The molecule has 0 radical (unpaired) electrons. The minimum Gasteiger partial charge on any atom is -0.491 e. The number of amides is 2. The first kappa shape index (κ1) is 15.2. The van der Waals surface area contributed by atoms with E-state index in [0.29, 0.717) is 24.4 Å². The van der Waals surface area contributed by atoms with Gasteiger partial charge in [0.15, 0.2) is 0 Å². The number of rotatable bonds is 4. The van der Waals surface area contributed by atoms with Crippen molar-refractivity contribution in [3.63, 3.8) is 0 Å². The topological polar surface area (TPSA) is 78.9 Å². The lowest BCUT2D eigenvalue weighted by molar-refractivity contribution is -0.141. The summed E-state index contributed by atoms with van der Waals surface area (Å²) in [5.74, 6) is -0.628. The van der Waals surface area contributed by atoms with Gasteiger partial charge in [-0.2, -0.15) is 0 Å². The first-order chi connectivity index (χ1) is 9.95. The average Bonchev–Trinajstić information content (AvgIpc) is 2.88. The number of likely N-dealkylation sites (tertiary alicyclic amines) is 1. The highest BCUT2D eigenvalue weighted by Crippen LogP contribution is 2.21. The fourth-order valence-electron chi connectivity index (χ4n) is 2.27. The van der Waals surface area contributed by atoms with Crippen LogP contribution in [-0.2, 0) is 4.79 Å². The standard InChI is InChI=1S/C15H20N2O4/c1-10(2)21-13-5-3-4-12(8-13)16-15(20)17-7-6-11(9-17)14(18)19/h3-5,8,10-11H,6-7,9H2,1-2H3,(H,16,20)(H,18,19). The van der Waals surface area contributed by atoms with Crippen LogP contribution in [0.2, 0.25) is 0 Å². The Morgan fingerprint density at radius 2 is 2.19 bits per heavy atom. The summed E-state index contributed by atoms with van der Waals surface area (Å²) >= 11 is 0. The highest BCUT2D eigenvalue weighted by Gasteiger charge is 2.30. The van der Waals surface area contributed by atoms with Gasteiger partial charge in [0.1, 0.15) is 5.75 Å². The molecule has 1 saturated heterocycles. The van der Waals surface area contributed by atoms with E-state index >= 15 is 0 Å². The van der Waals surface area contributed by atoms with Crippen molar-refractivity contribution in [3.8, 4) is 5.75 Å². The highest BCUT2D eigenvalue weighted by molar-refractivity contribution is 5.90. The molecule has 1 aliphatic rings. The number of benzene rings is 1. The van der Waals surface area contributed by atoms with Crippen LogP contribution in [0.15, 0.2) is 24.3 Å². The van der Waals surface area contributed by atoms with Gasteiger partial charge in [0, 0.05) is 24.8 Å². The molecule has 2 rings (SSSR count). The normalized spacial score (nSPS) is 17.9. The Balaban J connectivity index is 1.95. The van der Waals surface area contributed by atoms with E-state index in [0.717, 1.165) is 0 Å². The molecule has 114 valence electrons. The Bertz CT molecular complexity index is 530. The Morgan fingerprint density at radius 1 is 1.43 bits per heavy atom. The molecule has 1 aromatic carbocycles. The molecule has 1 fully saturated rings. The van der Waals surface area contributed by atoms with Crippen molar-refractivity contribution in [2.75, 3.05) is 18.4 Å². The van der Waals surface area contributed by atoms with Crippen LogP contribution in [0.25, 0.3) is 0 Å². The first-order valence-corrected chi connectivity index (χ1v) is 7.01. The van der Waals surface area contributed by atoms with E-state index in [4.69, 9.17) is 9.84 Å². The number of hydrogen-bond acceptors (Lipinski definition) is 3. The fourth-order valence-corrected chi connectivity index (χ4v) is 2.27. The van der Waals surface area contributed by atoms with E-state index in [-0.39, 0.29) is 18.7 Å². The van der Waals surface area contributed by atoms with Crippen molar-refractivity contribution in [3.05, 3.63) is 24.3 Å². The Kier molecular flexibility index (Phi) is 4.67. The van der Waals surface area contributed by atoms with Gasteiger partial charge in [-0.1, -0.05) is 6.07 Å². The number of carbonyl (C=O) groups is 2. The molecule has 0 aliphatic carbocycles. The molecular formula is C15H20N2O4. The van der Waals surface area contributed by atoms with Gasteiger partial charge in [-0.25, -0.2) is 4.79 Å². The number of nitrogens with one attached hydrogen (secondary N) is 1. The molecule has 1 aromatic rings. The third-order valence-corrected chi connectivity index (χ3v) is 3.28. The molecule has 6 nitrogen and oxygen atoms in total. The molecule has 2 amide bonds. The summed E-state index contributed by atoms with van der Waals surface area (Å²) in [5.41, 5.74) is 0.636. The zero-order valence-electron chi connectivity index (χ0n) is 12.2. The van der Waals surface area contributed by atoms with Crippen LogP contribution in [0.3, 0.4) is 0 Å². The van der Waals surface area contributed by atoms with E-state index in [9.17, 15) is 9.59 Å². The third-order valence-electron chi connectivity index (χ3n) is 3.28. The minimum absolute atomic E-state index is 0.0610. The van der Waals surface area contributed by atoms with Gasteiger partial charge in [-0.15, -0.1) is 0 Å². The minimum atomic E-state index is -0.849. The average molecular weight is 292 g/mol. The van der Waals surface area contributed by atoms with Crippen LogP contribution in [-0.4, -0.2) is 41.2 Å². The van der Waals surface area contributed by atoms with E-state index in [2.05, 4.69) is 5.32 Å². The van der Waals surface area contributed by atoms with Crippen LogP contribution in [0.4, 0.5) is 10.5 Å². The molecule has 0 saturated carbocycles. The number of urea groups is 1. The maximum atomic E-state index is 12.1. The van der Waals surface area contributed by atoms with Crippen molar-refractivity contribution in [2.24, 2.45) is 5.92 Å². The molecule has 6 heteroatoms. The maximum Gasteiger partial charge on any atom is 0.321 e. The molecule has 2 N–H and O–H groups in total. The van der Waals surface area contributed by atoms with Crippen molar-refractivity contribution in [1.29, 1.82) is 0 Å². The largest absolute Gasteiger partial charge is 0.491 e. The molecular weight excluding hydrogens is 272 g/mol. The van der Waals surface area contributed by atoms with Gasteiger partial charge in [-0.3, -0.25) is 4.79 Å². The SMILES string of the molecule is CC(C)Oc1cccc(NC(=O)N2CCC(C(=O)O)C2)c1. The lowest BCUT2D eigenvalue weighted by Crippen LogP contribution is -2.33. The number of anilines is 1. The number of ether oxygens (including phenoxy) is 1. The Labute approximate surface area is 123 Å². The van der Waals surface area contributed by atoms with Crippen LogP contribution >= 0.6 is 0 Å². The lowest BCUT2D eigenvalue weighted by atomic mass is 10.1. The summed E-state index contributed by atoms with van der Waals surface area (Å²) in [4.78, 5) is 24.5. The van der Waals surface area contributed by atoms with Crippen molar-refractivity contribution >= 4 is 17.7 Å². The van der Waals surface area contributed by atoms with Gasteiger partial charge < -0.3 is 20.1 Å². The number of carbonyl (C=O) groups excluding carboxylic acids is 1. The van der Waals surface area contributed by atoms with Crippen molar-refractivity contribution in [1.82, 2.24) is 4.90 Å². The first-order valence-electron chi connectivity index (χ1n) is 7.01. The summed E-state index contributed by atoms with van der Waals surface area (Å²) in [5, 5.41) is 11.7. The highest BCUT2D eigenvalue weighted by atomic mass is 16.5. The molecule has 1 atom stereocenters. The summed E-state index contributed by atoms with van der Waals surface area (Å²) in [6, 6.07) is 6.88. The quantitative estimate of drug-likeness (QED) is 0.893. The molecule has 1 heterocycles. The van der Waals surface area contributed by atoms with Crippen LogP contribution in [0, 0.1) is 5.92 Å². The molecule has 0 spiro atoms. The summed E-state index contributed by atoms with van der Waals surface area (Å²) in [6.45, 7) is 4.58. The van der Waals surface area contributed by atoms with Gasteiger partial charge in [0.05, 0.1) is 12.0 Å². The fraction of sp³-hybridized carbons (Fsp3) is 0.467. The molecule has 21 heavy (non-hydrogen) atoms. The van der Waals surface area contributed by atoms with E-state index in [1.165, 1.54) is 4.90 Å². The van der Waals surface area contributed by atoms with Crippen molar-refractivity contribution < 1.29 is 19.4 Å². The van der Waals surface area contributed by atoms with Crippen molar-refractivity contribution in [2.45, 2.75) is 26.4 Å². The molecule has 1 unspecified atom stereocenters. The monoisotopic (exact) mass is 292 g/mol. The zero-order valence-corrected chi connectivity index (χ0v) is 12.2. The van der Waals surface area contributed by atoms with Gasteiger partial charge >= 0.3 is 12.0 Å².